The Morgan fingerprint density at radius 2 is 2.33 bits per heavy atom. The van der Waals surface area contributed by atoms with Crippen LogP contribution in [0, 0.1) is 5.82 Å². The summed E-state index contributed by atoms with van der Waals surface area (Å²) in [6.07, 6.45) is 1.75. The van der Waals surface area contributed by atoms with Gasteiger partial charge in [-0.15, -0.1) is 0 Å². The van der Waals surface area contributed by atoms with E-state index >= 15 is 0 Å². The van der Waals surface area contributed by atoms with E-state index in [4.69, 9.17) is 4.74 Å². The third-order valence-corrected chi connectivity index (χ3v) is 3.52. The molecule has 1 unspecified atom stereocenters. The molecular weight excluding hydrogens is 301 g/mol. The minimum atomic E-state index is -0.526. The van der Waals surface area contributed by atoms with E-state index in [1.807, 2.05) is 6.92 Å². The van der Waals surface area contributed by atoms with Gasteiger partial charge in [-0.05, 0) is 38.0 Å². The first kappa shape index (κ1) is 13.5. The fourth-order valence-corrected chi connectivity index (χ4v) is 2.38. The molecule has 3 nitrogen and oxygen atoms in total. The Morgan fingerprint density at radius 3 is 2.94 bits per heavy atom. The molecule has 0 saturated carbocycles. The monoisotopic (exact) mass is 315 g/mol. The summed E-state index contributed by atoms with van der Waals surface area (Å²) < 4.78 is 19.6. The molecule has 5 heteroatoms. The van der Waals surface area contributed by atoms with E-state index in [2.05, 4.69) is 21.2 Å². The van der Waals surface area contributed by atoms with Crippen LogP contribution in [0.5, 0.6) is 0 Å². The molecule has 98 valence electrons. The Labute approximate surface area is 114 Å². The van der Waals surface area contributed by atoms with Crippen molar-refractivity contribution in [2.24, 2.45) is 0 Å². The highest BCUT2D eigenvalue weighted by molar-refractivity contribution is 9.10. The maximum atomic E-state index is 13.7. The van der Waals surface area contributed by atoms with Crippen molar-refractivity contribution < 1.29 is 13.9 Å². The maximum Gasteiger partial charge on any atom is 0.254 e. The molecule has 1 aliphatic heterocycles. The van der Waals surface area contributed by atoms with Gasteiger partial charge in [0.1, 0.15) is 5.82 Å². The van der Waals surface area contributed by atoms with Crippen LogP contribution in [0.2, 0.25) is 0 Å². The molecule has 0 aromatic heterocycles. The number of carbonyl (C=O) groups is 1. The van der Waals surface area contributed by atoms with Crippen molar-refractivity contribution in [1.29, 1.82) is 0 Å². The molecule has 2 rings (SSSR count). The van der Waals surface area contributed by atoms with Gasteiger partial charge >= 0.3 is 0 Å². The summed E-state index contributed by atoms with van der Waals surface area (Å²) in [5.41, 5.74) is -0.348. The highest BCUT2D eigenvalue weighted by Crippen LogP contribution is 2.20. The molecule has 18 heavy (non-hydrogen) atoms. The van der Waals surface area contributed by atoms with Crippen LogP contribution in [-0.2, 0) is 4.74 Å². The fraction of sp³-hybridized carbons (Fsp3) is 0.462. The lowest BCUT2D eigenvalue weighted by Gasteiger charge is -2.34. The minimum Gasteiger partial charge on any atom is -0.379 e. The molecule has 1 amide bonds. The van der Waals surface area contributed by atoms with Crippen LogP contribution in [0.3, 0.4) is 0 Å². The summed E-state index contributed by atoms with van der Waals surface area (Å²) in [5, 5.41) is 2.85. The first-order valence-electron chi connectivity index (χ1n) is 5.85. The van der Waals surface area contributed by atoms with Gasteiger partial charge in [0.05, 0.1) is 17.7 Å². The number of benzene rings is 1. The van der Waals surface area contributed by atoms with Crippen molar-refractivity contribution >= 4 is 21.8 Å². The first-order valence-corrected chi connectivity index (χ1v) is 6.65. The summed E-state index contributed by atoms with van der Waals surface area (Å²) in [4.78, 5) is 12.0. The number of hydrogen-bond acceptors (Lipinski definition) is 2. The SMILES string of the molecule is CC1(NC(=O)c2ccc(Br)cc2F)CCCOC1. The van der Waals surface area contributed by atoms with E-state index in [9.17, 15) is 9.18 Å². The van der Waals surface area contributed by atoms with Crippen LogP contribution in [0.15, 0.2) is 22.7 Å². The van der Waals surface area contributed by atoms with Crippen LogP contribution < -0.4 is 5.32 Å². The van der Waals surface area contributed by atoms with Crippen LogP contribution in [0.4, 0.5) is 4.39 Å². The zero-order chi connectivity index (χ0) is 13.2. The summed E-state index contributed by atoms with van der Waals surface area (Å²) in [6, 6.07) is 4.41. The number of carbonyl (C=O) groups excluding carboxylic acids is 1. The van der Waals surface area contributed by atoms with E-state index < -0.39 is 17.3 Å². The predicted molar refractivity (Wildman–Crippen MR) is 70.0 cm³/mol. The summed E-state index contributed by atoms with van der Waals surface area (Å²) in [5.74, 6) is -0.921. The van der Waals surface area contributed by atoms with Gasteiger partial charge in [0, 0.05) is 11.1 Å². The van der Waals surface area contributed by atoms with E-state index in [0.29, 0.717) is 11.1 Å². The van der Waals surface area contributed by atoms with Crippen molar-refractivity contribution in [3.8, 4) is 0 Å². The Hall–Kier alpha value is -0.940. The Kier molecular flexibility index (Phi) is 4.02. The first-order chi connectivity index (χ1) is 8.50. The maximum absolute atomic E-state index is 13.7. The number of hydrogen-bond donors (Lipinski definition) is 1. The standard InChI is InChI=1S/C13H15BrFNO2/c1-13(5-2-6-18-8-13)16-12(17)10-4-3-9(14)7-11(10)15/h3-4,7H,2,5-6,8H2,1H3,(H,16,17). The molecule has 1 heterocycles. The second kappa shape index (κ2) is 5.36. The molecule has 1 aromatic rings. The summed E-state index contributed by atoms with van der Waals surface area (Å²) >= 11 is 3.16. The van der Waals surface area contributed by atoms with Crippen molar-refractivity contribution in [2.75, 3.05) is 13.2 Å². The van der Waals surface area contributed by atoms with Gasteiger partial charge in [-0.2, -0.15) is 0 Å². The Bertz CT molecular complexity index is 458. The van der Waals surface area contributed by atoms with Gasteiger partial charge in [-0.1, -0.05) is 15.9 Å². The molecule has 1 saturated heterocycles. The van der Waals surface area contributed by atoms with Gasteiger partial charge in [0.25, 0.3) is 5.91 Å². The normalized spacial score (nSPS) is 23.7. The van der Waals surface area contributed by atoms with Crippen molar-refractivity contribution in [3.63, 3.8) is 0 Å². The molecular formula is C13H15BrFNO2. The second-order valence-electron chi connectivity index (χ2n) is 4.80. The molecule has 0 bridgehead atoms. The van der Waals surface area contributed by atoms with Gasteiger partial charge in [0.15, 0.2) is 0 Å². The lowest BCUT2D eigenvalue weighted by atomic mass is 9.94. The number of rotatable bonds is 2. The van der Waals surface area contributed by atoms with E-state index in [1.165, 1.54) is 12.1 Å². The Morgan fingerprint density at radius 1 is 1.56 bits per heavy atom. The topological polar surface area (TPSA) is 38.3 Å². The number of nitrogens with one attached hydrogen (secondary N) is 1. The third-order valence-electron chi connectivity index (χ3n) is 3.03. The van der Waals surface area contributed by atoms with Gasteiger partial charge in [0.2, 0.25) is 0 Å². The smallest absolute Gasteiger partial charge is 0.254 e. The van der Waals surface area contributed by atoms with E-state index in [1.54, 1.807) is 6.07 Å². The largest absolute Gasteiger partial charge is 0.379 e. The minimum absolute atomic E-state index is 0.0602. The average Bonchev–Trinajstić information content (AvgIpc) is 2.28. The molecule has 1 N–H and O–H groups in total. The zero-order valence-electron chi connectivity index (χ0n) is 10.1. The number of halogens is 2. The summed E-state index contributed by atoms with van der Waals surface area (Å²) in [6.45, 7) is 3.11. The van der Waals surface area contributed by atoms with Crippen molar-refractivity contribution in [2.45, 2.75) is 25.3 Å². The summed E-state index contributed by atoms with van der Waals surface area (Å²) in [7, 11) is 0. The average molecular weight is 316 g/mol. The molecule has 1 aliphatic rings. The van der Waals surface area contributed by atoms with E-state index in [-0.39, 0.29) is 5.56 Å². The lowest BCUT2D eigenvalue weighted by molar-refractivity contribution is 0.0271. The molecule has 1 atom stereocenters. The van der Waals surface area contributed by atoms with Crippen molar-refractivity contribution in [1.82, 2.24) is 5.32 Å². The molecule has 0 radical (unpaired) electrons. The third kappa shape index (κ3) is 3.09. The van der Waals surface area contributed by atoms with Crippen LogP contribution in [0.25, 0.3) is 0 Å². The molecule has 0 aliphatic carbocycles. The van der Waals surface area contributed by atoms with Gasteiger partial charge in [-0.25, -0.2) is 4.39 Å². The molecule has 1 fully saturated rings. The lowest BCUT2D eigenvalue weighted by Crippen LogP contribution is -2.51. The van der Waals surface area contributed by atoms with Crippen LogP contribution in [0.1, 0.15) is 30.1 Å². The number of amides is 1. The Balaban J connectivity index is 2.11. The quantitative estimate of drug-likeness (QED) is 0.911. The molecule has 0 spiro atoms. The highest BCUT2D eigenvalue weighted by Gasteiger charge is 2.30. The van der Waals surface area contributed by atoms with Crippen molar-refractivity contribution in [3.05, 3.63) is 34.1 Å². The fourth-order valence-electron chi connectivity index (χ4n) is 2.05. The van der Waals surface area contributed by atoms with Crippen LogP contribution in [-0.4, -0.2) is 24.7 Å². The highest BCUT2D eigenvalue weighted by atomic mass is 79.9. The van der Waals surface area contributed by atoms with Crippen LogP contribution >= 0.6 is 15.9 Å². The van der Waals surface area contributed by atoms with Gasteiger partial charge in [-0.3, -0.25) is 4.79 Å². The predicted octanol–water partition coefficient (Wildman–Crippen LogP) is 2.89. The molecule has 1 aromatic carbocycles. The van der Waals surface area contributed by atoms with Gasteiger partial charge < -0.3 is 10.1 Å². The number of ether oxygens (including phenoxy) is 1. The van der Waals surface area contributed by atoms with E-state index in [0.717, 1.165) is 19.4 Å². The zero-order valence-corrected chi connectivity index (χ0v) is 11.7. The second-order valence-corrected chi connectivity index (χ2v) is 5.71.